The first kappa shape index (κ1) is 32.6. The normalized spacial score (nSPS) is 16.8. The summed E-state index contributed by atoms with van der Waals surface area (Å²) >= 11 is 0. The van der Waals surface area contributed by atoms with E-state index in [4.69, 9.17) is 4.74 Å². The number of nitrogens with one attached hydrogen (secondary N) is 3. The monoisotopic (exact) mass is 657 g/mol. The van der Waals surface area contributed by atoms with Crippen LogP contribution in [0.1, 0.15) is 55.2 Å². The molecule has 12 heteroatoms. The number of ether oxygens (including phenoxy) is 1. The van der Waals surface area contributed by atoms with Crippen molar-refractivity contribution in [2.24, 2.45) is 0 Å². The van der Waals surface area contributed by atoms with Crippen molar-refractivity contribution in [1.82, 2.24) is 14.8 Å². The molecule has 248 valence electrons. The number of benzene rings is 3. The average Bonchev–Trinajstić information content (AvgIpc) is 3.73. The quantitative estimate of drug-likeness (QED) is 0.186. The number of aromatic amines is 1. The minimum absolute atomic E-state index is 0.0207. The van der Waals surface area contributed by atoms with Gasteiger partial charge in [0, 0.05) is 59.5 Å². The Kier molecular flexibility index (Phi) is 8.61. The number of halogens is 3. The molecule has 3 heterocycles. The predicted molar refractivity (Wildman–Crippen MR) is 177 cm³/mol. The summed E-state index contributed by atoms with van der Waals surface area (Å²) in [5, 5.41) is 5.47. The van der Waals surface area contributed by atoms with Crippen molar-refractivity contribution in [3.8, 4) is 11.5 Å². The van der Waals surface area contributed by atoms with E-state index in [0.717, 1.165) is 29.8 Å². The molecule has 0 saturated carbocycles. The minimum atomic E-state index is -4.57. The zero-order valence-corrected chi connectivity index (χ0v) is 26.8. The molecule has 3 aromatic carbocycles. The van der Waals surface area contributed by atoms with Crippen LogP contribution in [0.5, 0.6) is 11.5 Å². The number of aromatic nitrogens is 1. The number of nitrogens with zero attached hydrogens (tertiary/aromatic N) is 2. The van der Waals surface area contributed by atoms with Crippen LogP contribution >= 0.6 is 0 Å². The molecule has 3 N–H and O–H groups in total. The Labute approximate surface area is 275 Å². The third kappa shape index (κ3) is 6.56. The van der Waals surface area contributed by atoms with Crippen LogP contribution in [0.4, 0.5) is 24.5 Å². The van der Waals surface area contributed by atoms with E-state index in [1.165, 1.54) is 12.1 Å². The smallest absolute Gasteiger partial charge is 0.416 e. The molecular weight excluding hydrogens is 623 g/mol. The fourth-order valence-corrected chi connectivity index (χ4v) is 6.08. The van der Waals surface area contributed by atoms with Gasteiger partial charge in [0.25, 0.3) is 17.7 Å². The van der Waals surface area contributed by atoms with Crippen molar-refractivity contribution >= 4 is 40.7 Å². The molecule has 0 bridgehead atoms. The topological polar surface area (TPSA) is 107 Å². The highest BCUT2D eigenvalue weighted by Crippen LogP contribution is 2.38. The van der Waals surface area contributed by atoms with Crippen molar-refractivity contribution in [3.63, 3.8) is 0 Å². The lowest BCUT2D eigenvalue weighted by atomic mass is 10.0. The third-order valence-electron chi connectivity index (χ3n) is 8.71. The lowest BCUT2D eigenvalue weighted by Crippen LogP contribution is -2.34. The van der Waals surface area contributed by atoms with Crippen LogP contribution in [0, 0.1) is 13.8 Å². The van der Waals surface area contributed by atoms with Gasteiger partial charge in [0.2, 0.25) is 0 Å². The predicted octanol–water partition coefficient (Wildman–Crippen LogP) is 6.96. The number of hydrogen-bond acceptors (Lipinski definition) is 5. The molecule has 4 aromatic rings. The number of rotatable bonds is 7. The Morgan fingerprint density at radius 2 is 1.77 bits per heavy atom. The first-order chi connectivity index (χ1) is 22.8. The number of carbonyl (C=O) groups is 3. The summed E-state index contributed by atoms with van der Waals surface area (Å²) in [6.45, 7) is 5.11. The van der Waals surface area contributed by atoms with E-state index in [2.05, 4.69) is 20.5 Å². The van der Waals surface area contributed by atoms with E-state index >= 15 is 0 Å². The SMILES string of the molecule is Cc1[nH]c(C=C2C(=O)Nc3cc(Oc4cccc(NC(=O)c5cccc(C(F)(F)F)c5)c4)ccc32)c(C)c1C(=O)N1CCC(N(C)C)C1. The van der Waals surface area contributed by atoms with Gasteiger partial charge in [0.15, 0.2) is 0 Å². The van der Waals surface area contributed by atoms with E-state index in [0.29, 0.717) is 64.4 Å². The largest absolute Gasteiger partial charge is 0.457 e. The molecule has 2 aliphatic heterocycles. The van der Waals surface area contributed by atoms with Crippen LogP contribution < -0.4 is 15.4 Å². The van der Waals surface area contributed by atoms with Crippen molar-refractivity contribution in [2.75, 3.05) is 37.8 Å². The van der Waals surface area contributed by atoms with Crippen molar-refractivity contribution < 1.29 is 32.3 Å². The summed E-state index contributed by atoms with van der Waals surface area (Å²) < 4.78 is 45.3. The standard InChI is InChI=1S/C36H34F3N5O4/c1-20-30(40-21(2)32(20)35(47)44-14-13-25(19-44)43(3)4)18-29-28-12-11-27(17-31(28)42-34(29)46)48-26-10-6-9-24(16-26)41-33(45)22-7-5-8-23(15-22)36(37,38)39/h5-12,15-18,25,40H,13-14,19H2,1-4H3,(H,41,45)(H,42,46). The second-order valence-electron chi connectivity index (χ2n) is 12.2. The van der Waals surface area contributed by atoms with Gasteiger partial charge in [-0.1, -0.05) is 12.1 Å². The van der Waals surface area contributed by atoms with E-state index in [-0.39, 0.29) is 17.4 Å². The van der Waals surface area contributed by atoms with Gasteiger partial charge < -0.3 is 30.2 Å². The average molecular weight is 658 g/mol. The Hall–Kier alpha value is -5.36. The Bertz CT molecular complexity index is 1960. The van der Waals surface area contributed by atoms with Gasteiger partial charge in [-0.15, -0.1) is 0 Å². The van der Waals surface area contributed by atoms with Crippen LogP contribution in [0.15, 0.2) is 66.7 Å². The second-order valence-corrected chi connectivity index (χ2v) is 12.2. The molecule has 6 rings (SSSR count). The summed E-state index contributed by atoms with van der Waals surface area (Å²) in [4.78, 5) is 46.5. The molecule has 1 unspecified atom stereocenters. The van der Waals surface area contributed by atoms with Gasteiger partial charge in [-0.25, -0.2) is 0 Å². The van der Waals surface area contributed by atoms with Crippen LogP contribution in [0.2, 0.25) is 0 Å². The summed E-state index contributed by atoms with van der Waals surface area (Å²) in [7, 11) is 4.04. The highest BCUT2D eigenvalue weighted by atomic mass is 19.4. The number of H-pyrrole nitrogens is 1. The van der Waals surface area contributed by atoms with Crippen molar-refractivity contribution in [1.29, 1.82) is 0 Å². The highest BCUT2D eigenvalue weighted by Gasteiger charge is 2.32. The zero-order valence-electron chi connectivity index (χ0n) is 26.8. The van der Waals surface area contributed by atoms with Crippen molar-refractivity contribution in [3.05, 3.63) is 106 Å². The number of aryl methyl sites for hydroxylation is 1. The molecule has 1 fully saturated rings. The molecule has 2 aliphatic rings. The zero-order chi connectivity index (χ0) is 34.3. The van der Waals surface area contributed by atoms with Crippen LogP contribution in [-0.4, -0.2) is 65.7 Å². The van der Waals surface area contributed by atoms with E-state index in [1.54, 1.807) is 48.5 Å². The fraction of sp³-hybridized carbons (Fsp3) is 0.250. The number of fused-ring (bicyclic) bond motifs is 1. The number of likely N-dealkylation sites (N-methyl/N-ethyl adjacent to an activating group) is 1. The number of likely N-dealkylation sites (tertiary alicyclic amines) is 1. The van der Waals surface area contributed by atoms with Crippen LogP contribution in [0.3, 0.4) is 0 Å². The van der Waals surface area contributed by atoms with Gasteiger partial charge in [0.1, 0.15) is 11.5 Å². The minimum Gasteiger partial charge on any atom is -0.457 e. The van der Waals surface area contributed by atoms with Gasteiger partial charge in [0.05, 0.1) is 22.4 Å². The Morgan fingerprint density at radius 1 is 1.02 bits per heavy atom. The summed E-state index contributed by atoms with van der Waals surface area (Å²) in [6, 6.07) is 16.1. The molecule has 3 amide bonds. The number of carbonyl (C=O) groups excluding carboxylic acids is 3. The number of amides is 3. The van der Waals surface area contributed by atoms with Crippen LogP contribution in [-0.2, 0) is 11.0 Å². The molecular formula is C36H34F3N5O4. The van der Waals surface area contributed by atoms with Gasteiger partial charge in [-0.2, -0.15) is 13.2 Å². The van der Waals surface area contributed by atoms with Crippen molar-refractivity contribution in [2.45, 2.75) is 32.5 Å². The molecule has 9 nitrogen and oxygen atoms in total. The molecule has 1 aromatic heterocycles. The lowest BCUT2D eigenvalue weighted by Gasteiger charge is -2.20. The Balaban J connectivity index is 1.17. The van der Waals surface area contributed by atoms with Gasteiger partial charge in [-0.05, 0) is 88.5 Å². The van der Waals surface area contributed by atoms with E-state index < -0.39 is 17.6 Å². The number of hydrogen-bond donors (Lipinski definition) is 3. The maximum absolute atomic E-state index is 13.5. The first-order valence-corrected chi connectivity index (χ1v) is 15.4. The highest BCUT2D eigenvalue weighted by molar-refractivity contribution is 6.35. The van der Waals surface area contributed by atoms with Crippen LogP contribution in [0.25, 0.3) is 11.6 Å². The van der Waals surface area contributed by atoms with Gasteiger partial charge in [-0.3, -0.25) is 14.4 Å². The number of anilines is 2. The molecule has 1 saturated heterocycles. The summed E-state index contributed by atoms with van der Waals surface area (Å²) in [5.41, 5.74) is 3.75. The third-order valence-corrected chi connectivity index (χ3v) is 8.71. The fourth-order valence-electron chi connectivity index (χ4n) is 6.08. The maximum Gasteiger partial charge on any atom is 0.416 e. The summed E-state index contributed by atoms with van der Waals surface area (Å²) in [6.07, 6.45) is -1.89. The number of alkyl halides is 3. The Morgan fingerprint density at radius 3 is 2.50 bits per heavy atom. The lowest BCUT2D eigenvalue weighted by molar-refractivity contribution is -0.137. The van der Waals surface area contributed by atoms with E-state index in [9.17, 15) is 27.6 Å². The van der Waals surface area contributed by atoms with E-state index in [1.807, 2.05) is 32.8 Å². The maximum atomic E-state index is 13.5. The first-order valence-electron chi connectivity index (χ1n) is 15.4. The molecule has 1 atom stereocenters. The second kappa shape index (κ2) is 12.7. The molecule has 0 radical (unpaired) electrons. The molecule has 0 spiro atoms. The molecule has 48 heavy (non-hydrogen) atoms. The van der Waals surface area contributed by atoms with Gasteiger partial charge >= 0.3 is 6.18 Å². The molecule has 0 aliphatic carbocycles. The summed E-state index contributed by atoms with van der Waals surface area (Å²) in [5.74, 6) is -0.239.